The van der Waals surface area contributed by atoms with Crippen molar-refractivity contribution in [2.45, 2.75) is 11.8 Å². The first-order chi connectivity index (χ1) is 10.9. The summed E-state index contributed by atoms with van der Waals surface area (Å²) in [4.78, 5) is 10.0. The maximum Gasteiger partial charge on any atom is 0.270 e. The molecular formula is C15H16N2O5S. The van der Waals surface area contributed by atoms with Gasteiger partial charge in [-0.25, -0.2) is 13.1 Å². The van der Waals surface area contributed by atoms with Gasteiger partial charge in [0.15, 0.2) is 0 Å². The van der Waals surface area contributed by atoms with Gasteiger partial charge >= 0.3 is 0 Å². The summed E-state index contributed by atoms with van der Waals surface area (Å²) in [5.74, 6) is 0.637. The number of hydrogen-bond acceptors (Lipinski definition) is 5. The fourth-order valence-electron chi connectivity index (χ4n) is 1.93. The van der Waals surface area contributed by atoms with E-state index in [1.54, 1.807) is 19.1 Å². The van der Waals surface area contributed by atoms with Crippen LogP contribution in [0.1, 0.15) is 5.56 Å². The number of nitro benzene ring substituents is 1. The highest BCUT2D eigenvalue weighted by Crippen LogP contribution is 2.21. The third kappa shape index (κ3) is 4.51. The Balaban J connectivity index is 2.01. The minimum atomic E-state index is -3.84. The van der Waals surface area contributed by atoms with Crippen LogP contribution in [0.5, 0.6) is 5.75 Å². The van der Waals surface area contributed by atoms with E-state index < -0.39 is 14.9 Å². The zero-order valence-corrected chi connectivity index (χ0v) is 13.2. The molecule has 1 N–H and O–H groups in total. The lowest BCUT2D eigenvalue weighted by Gasteiger charge is -2.10. The predicted octanol–water partition coefficient (Wildman–Crippen LogP) is 2.26. The van der Waals surface area contributed by atoms with Crippen LogP contribution in [0.2, 0.25) is 0 Å². The third-order valence-electron chi connectivity index (χ3n) is 3.08. The van der Waals surface area contributed by atoms with Crippen LogP contribution in [0.3, 0.4) is 0 Å². The highest BCUT2D eigenvalue weighted by molar-refractivity contribution is 7.89. The molecule has 0 fully saturated rings. The average molecular weight is 336 g/mol. The molecule has 0 aliphatic carbocycles. The van der Waals surface area contributed by atoms with Crippen molar-refractivity contribution in [2.75, 3.05) is 13.2 Å². The summed E-state index contributed by atoms with van der Waals surface area (Å²) in [6, 6.07) is 12.7. The van der Waals surface area contributed by atoms with Crippen molar-refractivity contribution in [1.82, 2.24) is 4.72 Å². The molecule has 0 amide bonds. The van der Waals surface area contributed by atoms with Crippen LogP contribution in [-0.4, -0.2) is 26.5 Å². The standard InChI is InChI=1S/C15H16N2O5S/c1-12-7-8-13(17(18)19)11-15(12)23(20,21)16-9-10-22-14-5-3-2-4-6-14/h2-8,11,16H,9-10H2,1H3. The molecule has 0 bridgehead atoms. The number of sulfonamides is 1. The first-order valence-electron chi connectivity index (χ1n) is 6.83. The smallest absolute Gasteiger partial charge is 0.270 e. The number of hydrogen-bond donors (Lipinski definition) is 1. The van der Waals surface area contributed by atoms with E-state index in [0.29, 0.717) is 11.3 Å². The van der Waals surface area contributed by atoms with E-state index in [1.807, 2.05) is 18.2 Å². The molecule has 8 heteroatoms. The number of benzene rings is 2. The number of nitro groups is 1. The lowest BCUT2D eigenvalue weighted by Crippen LogP contribution is -2.28. The zero-order chi connectivity index (χ0) is 16.9. The van der Waals surface area contributed by atoms with Gasteiger partial charge in [-0.2, -0.15) is 0 Å². The van der Waals surface area contributed by atoms with Crippen LogP contribution in [-0.2, 0) is 10.0 Å². The van der Waals surface area contributed by atoms with E-state index in [2.05, 4.69) is 4.72 Å². The van der Waals surface area contributed by atoms with Gasteiger partial charge in [-0.3, -0.25) is 10.1 Å². The molecule has 0 heterocycles. The Bertz CT molecular complexity index is 791. The molecule has 0 atom stereocenters. The second kappa shape index (κ2) is 7.21. The molecule has 122 valence electrons. The molecule has 0 aliphatic rings. The first-order valence-corrected chi connectivity index (χ1v) is 8.31. The summed E-state index contributed by atoms with van der Waals surface area (Å²) < 4.78 is 32.3. The monoisotopic (exact) mass is 336 g/mol. The van der Waals surface area contributed by atoms with Gasteiger partial charge in [0, 0.05) is 18.7 Å². The van der Waals surface area contributed by atoms with Crippen LogP contribution < -0.4 is 9.46 Å². The van der Waals surface area contributed by atoms with Crippen molar-refractivity contribution in [3.63, 3.8) is 0 Å². The molecule has 0 aliphatic heterocycles. The number of rotatable bonds is 7. The Morgan fingerprint density at radius 2 is 1.87 bits per heavy atom. The zero-order valence-electron chi connectivity index (χ0n) is 12.4. The Morgan fingerprint density at radius 1 is 1.17 bits per heavy atom. The molecule has 7 nitrogen and oxygen atoms in total. The second-order valence-electron chi connectivity index (χ2n) is 4.77. The molecule has 2 aromatic rings. The van der Waals surface area contributed by atoms with E-state index in [9.17, 15) is 18.5 Å². The van der Waals surface area contributed by atoms with Gasteiger partial charge in [-0.1, -0.05) is 24.3 Å². The summed E-state index contributed by atoms with van der Waals surface area (Å²) in [7, 11) is -3.84. The molecule has 23 heavy (non-hydrogen) atoms. The van der Waals surface area contributed by atoms with E-state index in [-0.39, 0.29) is 23.7 Å². The van der Waals surface area contributed by atoms with E-state index in [1.165, 1.54) is 12.1 Å². The number of nitrogens with one attached hydrogen (secondary N) is 1. The van der Waals surface area contributed by atoms with Crippen molar-refractivity contribution in [3.8, 4) is 5.75 Å². The summed E-state index contributed by atoms with van der Waals surface area (Å²) in [5, 5.41) is 10.8. The fourth-order valence-corrected chi connectivity index (χ4v) is 3.21. The number of aryl methyl sites for hydroxylation is 1. The van der Waals surface area contributed by atoms with Gasteiger partial charge in [0.1, 0.15) is 12.4 Å². The first kappa shape index (κ1) is 16.9. The van der Waals surface area contributed by atoms with Crippen molar-refractivity contribution in [1.29, 1.82) is 0 Å². The maximum absolute atomic E-state index is 12.2. The lowest BCUT2D eigenvalue weighted by molar-refractivity contribution is -0.385. The Morgan fingerprint density at radius 3 is 2.52 bits per heavy atom. The Kier molecular flexibility index (Phi) is 5.30. The lowest BCUT2D eigenvalue weighted by atomic mass is 10.2. The van der Waals surface area contributed by atoms with Crippen molar-refractivity contribution < 1.29 is 18.1 Å². The van der Waals surface area contributed by atoms with Crippen molar-refractivity contribution >= 4 is 15.7 Å². The Hall–Kier alpha value is -2.45. The van der Waals surface area contributed by atoms with Crippen molar-refractivity contribution in [2.24, 2.45) is 0 Å². The number of para-hydroxylation sites is 1. The molecule has 0 saturated heterocycles. The van der Waals surface area contributed by atoms with E-state index in [4.69, 9.17) is 4.74 Å². The fraction of sp³-hybridized carbons (Fsp3) is 0.200. The van der Waals surface area contributed by atoms with Crippen molar-refractivity contribution in [3.05, 3.63) is 64.2 Å². The molecule has 0 unspecified atom stereocenters. The quantitative estimate of drug-likeness (QED) is 0.475. The topological polar surface area (TPSA) is 98.5 Å². The van der Waals surface area contributed by atoms with Crippen LogP contribution in [0.15, 0.2) is 53.4 Å². The normalized spacial score (nSPS) is 11.2. The van der Waals surface area contributed by atoms with Crippen LogP contribution in [0.25, 0.3) is 0 Å². The second-order valence-corrected chi connectivity index (χ2v) is 6.50. The van der Waals surface area contributed by atoms with Gasteiger partial charge < -0.3 is 4.74 Å². The summed E-state index contributed by atoms with van der Waals surface area (Å²) in [6.45, 7) is 1.79. The van der Waals surface area contributed by atoms with Crippen LogP contribution >= 0.6 is 0 Å². The number of nitrogens with zero attached hydrogens (tertiary/aromatic N) is 1. The van der Waals surface area contributed by atoms with Gasteiger partial charge in [-0.05, 0) is 24.6 Å². The minimum Gasteiger partial charge on any atom is -0.492 e. The maximum atomic E-state index is 12.2. The summed E-state index contributed by atoms with van der Waals surface area (Å²) in [6.07, 6.45) is 0. The van der Waals surface area contributed by atoms with Gasteiger partial charge in [-0.15, -0.1) is 0 Å². The number of ether oxygens (including phenoxy) is 1. The minimum absolute atomic E-state index is 0.0549. The summed E-state index contributed by atoms with van der Waals surface area (Å²) in [5.41, 5.74) is 0.170. The molecule has 0 aromatic heterocycles. The molecule has 0 spiro atoms. The summed E-state index contributed by atoms with van der Waals surface area (Å²) >= 11 is 0. The molecule has 0 saturated carbocycles. The van der Waals surface area contributed by atoms with Crippen LogP contribution in [0, 0.1) is 17.0 Å². The highest BCUT2D eigenvalue weighted by Gasteiger charge is 2.20. The molecule has 0 radical (unpaired) electrons. The molecule has 2 aromatic carbocycles. The van der Waals surface area contributed by atoms with E-state index in [0.717, 1.165) is 6.07 Å². The van der Waals surface area contributed by atoms with Gasteiger partial charge in [0.05, 0.1) is 9.82 Å². The van der Waals surface area contributed by atoms with Gasteiger partial charge in [0.2, 0.25) is 10.0 Å². The molecule has 2 rings (SSSR count). The number of non-ortho nitro benzene ring substituents is 1. The van der Waals surface area contributed by atoms with E-state index >= 15 is 0 Å². The molecular weight excluding hydrogens is 320 g/mol. The predicted molar refractivity (Wildman–Crippen MR) is 85.0 cm³/mol. The van der Waals surface area contributed by atoms with Crippen LogP contribution in [0.4, 0.5) is 5.69 Å². The highest BCUT2D eigenvalue weighted by atomic mass is 32.2. The third-order valence-corrected chi connectivity index (χ3v) is 4.68. The SMILES string of the molecule is Cc1ccc([N+](=O)[O-])cc1S(=O)(=O)NCCOc1ccccc1. The average Bonchev–Trinajstić information content (AvgIpc) is 2.52. The van der Waals surface area contributed by atoms with Gasteiger partial charge in [0.25, 0.3) is 5.69 Å². The Labute approximate surface area is 134 Å². The largest absolute Gasteiger partial charge is 0.492 e.